The summed E-state index contributed by atoms with van der Waals surface area (Å²) in [5.74, 6) is -1.91. The molecular formula is C19H11N3O6. The highest BCUT2D eigenvalue weighted by Crippen LogP contribution is 2.35. The summed E-state index contributed by atoms with van der Waals surface area (Å²) in [5.41, 5.74) is 0.212. The Balaban J connectivity index is 1.82. The van der Waals surface area contributed by atoms with E-state index in [2.05, 4.69) is 5.10 Å². The molecule has 2 amide bonds. The van der Waals surface area contributed by atoms with Crippen LogP contribution in [0.2, 0.25) is 0 Å². The number of aromatic hydroxyl groups is 2. The van der Waals surface area contributed by atoms with Gasteiger partial charge in [-0.25, -0.2) is 0 Å². The number of nitro groups is 1. The van der Waals surface area contributed by atoms with E-state index in [9.17, 15) is 29.9 Å². The summed E-state index contributed by atoms with van der Waals surface area (Å²) in [7, 11) is 0. The van der Waals surface area contributed by atoms with Gasteiger partial charge in [-0.2, -0.15) is 10.1 Å². The van der Waals surface area contributed by atoms with Crippen molar-refractivity contribution in [2.24, 2.45) is 5.10 Å². The molecule has 9 heteroatoms. The lowest BCUT2D eigenvalue weighted by Crippen LogP contribution is -2.36. The molecule has 0 atom stereocenters. The zero-order valence-electron chi connectivity index (χ0n) is 14.1. The molecule has 0 bridgehead atoms. The Bertz CT molecular complexity index is 1200. The first-order valence-electron chi connectivity index (χ1n) is 8.03. The summed E-state index contributed by atoms with van der Waals surface area (Å²) < 4.78 is 0. The number of non-ortho nitro benzene ring substituents is 1. The van der Waals surface area contributed by atoms with Crippen LogP contribution in [0.3, 0.4) is 0 Å². The number of phenolic OH excluding ortho intramolecular Hbond substituents is 2. The van der Waals surface area contributed by atoms with Crippen LogP contribution in [0.25, 0.3) is 10.8 Å². The highest BCUT2D eigenvalue weighted by atomic mass is 16.6. The number of carbonyl (C=O) groups is 2. The number of nitrogens with zero attached hydrogens (tertiary/aromatic N) is 3. The molecule has 2 N–H and O–H groups in total. The van der Waals surface area contributed by atoms with Gasteiger partial charge in [-0.1, -0.05) is 6.07 Å². The maximum Gasteiger partial charge on any atom is 0.282 e. The maximum atomic E-state index is 12.8. The minimum Gasteiger partial charge on any atom is -0.508 e. The number of hydrogen-bond donors (Lipinski definition) is 2. The average molecular weight is 377 g/mol. The number of carbonyl (C=O) groups excluding carboxylic acids is 2. The number of amides is 2. The summed E-state index contributed by atoms with van der Waals surface area (Å²) in [4.78, 5) is 36.2. The normalized spacial score (nSPS) is 13.5. The van der Waals surface area contributed by atoms with Crippen LogP contribution < -0.4 is 0 Å². The smallest absolute Gasteiger partial charge is 0.282 e. The number of benzene rings is 3. The molecule has 1 heterocycles. The molecule has 0 radical (unpaired) electrons. The van der Waals surface area contributed by atoms with Crippen LogP contribution in [0.4, 0.5) is 5.69 Å². The van der Waals surface area contributed by atoms with E-state index in [1.54, 1.807) is 0 Å². The monoisotopic (exact) mass is 377 g/mol. The molecule has 4 rings (SSSR count). The summed E-state index contributed by atoms with van der Waals surface area (Å²) in [5, 5.41) is 35.3. The van der Waals surface area contributed by atoms with Gasteiger partial charge in [0.05, 0.1) is 27.7 Å². The fraction of sp³-hybridized carbons (Fsp3) is 0. The van der Waals surface area contributed by atoms with Crippen molar-refractivity contribution in [2.75, 3.05) is 0 Å². The van der Waals surface area contributed by atoms with Crippen LogP contribution in [0.15, 0.2) is 53.6 Å². The number of imide groups is 1. The Morgan fingerprint density at radius 1 is 1.00 bits per heavy atom. The van der Waals surface area contributed by atoms with Gasteiger partial charge in [0, 0.05) is 23.1 Å². The minimum absolute atomic E-state index is 0.114. The third-order valence-electron chi connectivity index (χ3n) is 4.39. The molecule has 3 aromatic rings. The molecule has 9 nitrogen and oxygen atoms in total. The Morgan fingerprint density at radius 2 is 1.71 bits per heavy atom. The molecule has 1 aliphatic rings. The van der Waals surface area contributed by atoms with E-state index in [4.69, 9.17) is 0 Å². The van der Waals surface area contributed by atoms with Crippen molar-refractivity contribution < 1.29 is 24.7 Å². The first kappa shape index (κ1) is 17.2. The van der Waals surface area contributed by atoms with Crippen LogP contribution >= 0.6 is 0 Å². The quantitative estimate of drug-likeness (QED) is 0.312. The zero-order chi connectivity index (χ0) is 20.0. The van der Waals surface area contributed by atoms with E-state index < -0.39 is 16.7 Å². The maximum absolute atomic E-state index is 12.8. The van der Waals surface area contributed by atoms with Gasteiger partial charge in [0.25, 0.3) is 17.5 Å². The predicted molar refractivity (Wildman–Crippen MR) is 98.5 cm³/mol. The Hall–Kier alpha value is -4.27. The Labute approximate surface area is 156 Å². The number of rotatable bonds is 3. The van der Waals surface area contributed by atoms with Crippen molar-refractivity contribution in [1.82, 2.24) is 5.01 Å². The highest BCUT2D eigenvalue weighted by Gasteiger charge is 2.34. The fourth-order valence-electron chi connectivity index (χ4n) is 3.09. The second-order valence-electron chi connectivity index (χ2n) is 6.03. The number of hydrogen-bond acceptors (Lipinski definition) is 7. The second kappa shape index (κ2) is 6.16. The molecule has 0 saturated heterocycles. The summed E-state index contributed by atoms with van der Waals surface area (Å²) in [6, 6.07) is 10.7. The minimum atomic E-state index is -0.738. The van der Waals surface area contributed by atoms with Crippen LogP contribution in [-0.4, -0.2) is 38.2 Å². The molecule has 0 unspecified atom stereocenters. The largest absolute Gasteiger partial charge is 0.508 e. The van der Waals surface area contributed by atoms with Crippen LogP contribution in [0.5, 0.6) is 11.5 Å². The molecule has 0 fully saturated rings. The summed E-state index contributed by atoms with van der Waals surface area (Å²) in [6.45, 7) is 0. The Morgan fingerprint density at radius 3 is 2.39 bits per heavy atom. The van der Waals surface area contributed by atoms with Gasteiger partial charge >= 0.3 is 0 Å². The highest BCUT2D eigenvalue weighted by molar-refractivity contribution is 6.26. The molecule has 0 aromatic heterocycles. The van der Waals surface area contributed by atoms with Crippen molar-refractivity contribution in [1.29, 1.82) is 0 Å². The van der Waals surface area contributed by atoms with Crippen molar-refractivity contribution in [3.63, 3.8) is 0 Å². The fourth-order valence-corrected chi connectivity index (χ4v) is 3.09. The third kappa shape index (κ3) is 2.53. The van der Waals surface area contributed by atoms with Gasteiger partial charge in [-0.15, -0.1) is 0 Å². The van der Waals surface area contributed by atoms with E-state index in [0.29, 0.717) is 5.01 Å². The SMILES string of the molecule is O=C1c2cccc3c([N+](=O)[O-])ccc(c23)C(=O)N1N=Cc1ccc(O)cc1O. The van der Waals surface area contributed by atoms with Gasteiger partial charge in [0.15, 0.2) is 0 Å². The number of phenols is 2. The average Bonchev–Trinajstić information content (AvgIpc) is 2.66. The van der Waals surface area contributed by atoms with Crippen molar-refractivity contribution in [2.45, 2.75) is 0 Å². The molecule has 0 spiro atoms. The Kier molecular flexibility index (Phi) is 3.78. The molecule has 1 aliphatic heterocycles. The molecule has 138 valence electrons. The van der Waals surface area contributed by atoms with Crippen LogP contribution in [-0.2, 0) is 0 Å². The zero-order valence-corrected chi connectivity index (χ0v) is 14.1. The topological polar surface area (TPSA) is 133 Å². The van der Waals surface area contributed by atoms with Crippen molar-refractivity contribution >= 4 is 34.5 Å². The van der Waals surface area contributed by atoms with Crippen molar-refractivity contribution in [3.05, 3.63) is 75.3 Å². The standard InChI is InChI=1S/C19H11N3O6/c23-11-5-4-10(16(24)8-11)9-20-21-18(25)13-3-1-2-12-15(22(27)28)7-6-14(17(12)13)19(21)26/h1-9,23-24H. The third-order valence-corrected chi connectivity index (χ3v) is 4.39. The van der Waals surface area contributed by atoms with E-state index in [1.807, 2.05) is 0 Å². The van der Waals surface area contributed by atoms with E-state index in [-0.39, 0.29) is 44.6 Å². The lowest BCUT2D eigenvalue weighted by atomic mass is 9.94. The van der Waals surface area contributed by atoms with Gasteiger partial charge in [-0.05, 0) is 30.3 Å². The van der Waals surface area contributed by atoms with Gasteiger partial charge in [-0.3, -0.25) is 19.7 Å². The first-order valence-corrected chi connectivity index (χ1v) is 8.03. The lowest BCUT2D eigenvalue weighted by molar-refractivity contribution is -0.383. The van der Waals surface area contributed by atoms with Crippen molar-refractivity contribution in [3.8, 4) is 11.5 Å². The second-order valence-corrected chi connectivity index (χ2v) is 6.03. The van der Waals surface area contributed by atoms with Gasteiger partial charge < -0.3 is 10.2 Å². The van der Waals surface area contributed by atoms with Gasteiger partial charge in [0.2, 0.25) is 0 Å². The summed E-state index contributed by atoms with van der Waals surface area (Å²) in [6.07, 6.45) is 1.11. The predicted octanol–water partition coefficient (Wildman–Crippen LogP) is 2.79. The van der Waals surface area contributed by atoms with E-state index in [0.717, 1.165) is 12.3 Å². The summed E-state index contributed by atoms with van der Waals surface area (Å²) >= 11 is 0. The molecule has 3 aromatic carbocycles. The van der Waals surface area contributed by atoms with E-state index >= 15 is 0 Å². The van der Waals surface area contributed by atoms with Gasteiger partial charge in [0.1, 0.15) is 11.5 Å². The number of hydrazone groups is 1. The van der Waals surface area contributed by atoms with Crippen LogP contribution in [0, 0.1) is 10.1 Å². The van der Waals surface area contributed by atoms with E-state index in [1.165, 1.54) is 42.5 Å². The molecule has 28 heavy (non-hydrogen) atoms. The molecule has 0 saturated carbocycles. The van der Waals surface area contributed by atoms with Crippen LogP contribution in [0.1, 0.15) is 26.3 Å². The number of nitro benzene ring substituents is 1. The molecular weight excluding hydrogens is 366 g/mol. The first-order chi connectivity index (χ1) is 13.4. The molecule has 0 aliphatic carbocycles. The lowest BCUT2D eigenvalue weighted by Gasteiger charge is -2.23.